The first kappa shape index (κ1) is 10.9. The summed E-state index contributed by atoms with van der Waals surface area (Å²) in [5, 5.41) is 8.43. The van der Waals surface area contributed by atoms with E-state index in [0.717, 1.165) is 23.4 Å². The SMILES string of the molecule is COc1ccc(Cc2cc(Cl)cnn2)cc1. The average molecular weight is 235 g/mol. The fourth-order valence-electron chi connectivity index (χ4n) is 1.42. The van der Waals surface area contributed by atoms with Crippen molar-refractivity contribution in [3.63, 3.8) is 0 Å². The Morgan fingerprint density at radius 3 is 2.62 bits per heavy atom. The van der Waals surface area contributed by atoms with Crippen molar-refractivity contribution in [1.82, 2.24) is 10.2 Å². The van der Waals surface area contributed by atoms with Gasteiger partial charge in [-0.25, -0.2) is 0 Å². The second-order valence-corrected chi connectivity index (χ2v) is 3.83. The second kappa shape index (κ2) is 4.94. The molecule has 16 heavy (non-hydrogen) atoms. The molecule has 1 aromatic heterocycles. The van der Waals surface area contributed by atoms with Crippen molar-refractivity contribution in [2.45, 2.75) is 6.42 Å². The Balaban J connectivity index is 2.14. The van der Waals surface area contributed by atoms with Crippen LogP contribution in [0.4, 0.5) is 0 Å². The number of rotatable bonds is 3. The van der Waals surface area contributed by atoms with E-state index in [9.17, 15) is 0 Å². The number of halogens is 1. The van der Waals surface area contributed by atoms with Crippen molar-refractivity contribution in [2.24, 2.45) is 0 Å². The lowest BCUT2D eigenvalue weighted by Crippen LogP contribution is -1.94. The average Bonchev–Trinajstić information content (AvgIpc) is 2.30. The van der Waals surface area contributed by atoms with Crippen molar-refractivity contribution in [3.05, 3.63) is 52.8 Å². The van der Waals surface area contributed by atoms with Gasteiger partial charge < -0.3 is 4.74 Å². The summed E-state index contributed by atoms with van der Waals surface area (Å²) in [5.74, 6) is 0.848. The van der Waals surface area contributed by atoms with Crippen molar-refractivity contribution in [3.8, 4) is 5.75 Å². The Morgan fingerprint density at radius 2 is 2.00 bits per heavy atom. The molecule has 1 heterocycles. The van der Waals surface area contributed by atoms with Gasteiger partial charge >= 0.3 is 0 Å². The first-order chi connectivity index (χ1) is 7.78. The second-order valence-electron chi connectivity index (χ2n) is 3.39. The van der Waals surface area contributed by atoms with Gasteiger partial charge in [-0.3, -0.25) is 0 Å². The van der Waals surface area contributed by atoms with E-state index < -0.39 is 0 Å². The molecule has 1 aromatic carbocycles. The number of ether oxygens (including phenoxy) is 1. The molecule has 0 amide bonds. The third kappa shape index (κ3) is 2.70. The number of nitrogens with zero attached hydrogens (tertiary/aromatic N) is 2. The van der Waals surface area contributed by atoms with E-state index >= 15 is 0 Å². The highest BCUT2D eigenvalue weighted by Gasteiger charge is 2.00. The zero-order valence-corrected chi connectivity index (χ0v) is 9.61. The maximum Gasteiger partial charge on any atom is 0.118 e. The maximum atomic E-state index is 5.84. The summed E-state index contributed by atoms with van der Waals surface area (Å²) in [4.78, 5) is 0. The Bertz CT molecular complexity index is 471. The first-order valence-electron chi connectivity index (χ1n) is 4.88. The molecule has 0 unspecified atom stereocenters. The summed E-state index contributed by atoms with van der Waals surface area (Å²) >= 11 is 5.84. The number of benzene rings is 1. The summed E-state index contributed by atoms with van der Waals surface area (Å²) in [6, 6.07) is 9.67. The largest absolute Gasteiger partial charge is 0.497 e. The van der Waals surface area contributed by atoms with Crippen LogP contribution in [0.3, 0.4) is 0 Å². The Labute approximate surface area is 99.0 Å². The molecule has 0 bridgehead atoms. The third-order valence-corrected chi connectivity index (χ3v) is 2.42. The molecule has 0 aliphatic carbocycles. The van der Waals surface area contributed by atoms with Gasteiger partial charge in [-0.2, -0.15) is 10.2 Å². The number of hydrogen-bond acceptors (Lipinski definition) is 3. The molecule has 0 saturated heterocycles. The van der Waals surface area contributed by atoms with Crippen molar-refractivity contribution < 1.29 is 4.74 Å². The van der Waals surface area contributed by atoms with Crippen LogP contribution >= 0.6 is 11.6 Å². The lowest BCUT2D eigenvalue weighted by molar-refractivity contribution is 0.414. The first-order valence-corrected chi connectivity index (χ1v) is 5.26. The van der Waals surface area contributed by atoms with Gasteiger partial charge in [-0.05, 0) is 23.8 Å². The molecule has 82 valence electrons. The standard InChI is InChI=1S/C12H11ClN2O/c1-16-12-4-2-9(3-5-12)6-11-7-10(13)8-14-15-11/h2-5,7-8H,6H2,1H3. The van der Waals surface area contributed by atoms with Gasteiger partial charge in [0.05, 0.1) is 24.0 Å². The van der Waals surface area contributed by atoms with E-state index in [1.807, 2.05) is 30.3 Å². The highest BCUT2D eigenvalue weighted by molar-refractivity contribution is 6.30. The van der Waals surface area contributed by atoms with Crippen LogP contribution in [-0.4, -0.2) is 17.3 Å². The van der Waals surface area contributed by atoms with Crippen LogP contribution in [0.25, 0.3) is 0 Å². The van der Waals surface area contributed by atoms with Gasteiger partial charge in [0, 0.05) is 6.42 Å². The summed E-state index contributed by atoms with van der Waals surface area (Å²) in [6.07, 6.45) is 2.25. The third-order valence-electron chi connectivity index (χ3n) is 2.22. The molecule has 0 N–H and O–H groups in total. The number of hydrogen-bond donors (Lipinski definition) is 0. The van der Waals surface area contributed by atoms with E-state index in [0.29, 0.717) is 5.02 Å². The summed E-state index contributed by atoms with van der Waals surface area (Å²) in [6.45, 7) is 0. The van der Waals surface area contributed by atoms with Gasteiger partial charge in [-0.15, -0.1) is 0 Å². The quantitative estimate of drug-likeness (QED) is 0.819. The predicted octanol–water partition coefficient (Wildman–Crippen LogP) is 2.73. The molecule has 0 radical (unpaired) electrons. The lowest BCUT2D eigenvalue weighted by Gasteiger charge is -2.02. The van der Waals surface area contributed by atoms with E-state index in [1.165, 1.54) is 6.20 Å². The van der Waals surface area contributed by atoms with Crippen LogP contribution in [0, 0.1) is 0 Å². The molecule has 0 aliphatic heterocycles. The van der Waals surface area contributed by atoms with Gasteiger partial charge in [0.1, 0.15) is 5.75 Å². The number of aromatic nitrogens is 2. The van der Waals surface area contributed by atoms with E-state index in [2.05, 4.69) is 10.2 Å². The Morgan fingerprint density at radius 1 is 1.25 bits per heavy atom. The molecule has 2 rings (SSSR count). The topological polar surface area (TPSA) is 35.0 Å². The van der Waals surface area contributed by atoms with Crippen molar-refractivity contribution in [2.75, 3.05) is 7.11 Å². The smallest absolute Gasteiger partial charge is 0.118 e. The van der Waals surface area contributed by atoms with Crippen LogP contribution < -0.4 is 4.74 Å². The van der Waals surface area contributed by atoms with Crippen molar-refractivity contribution >= 4 is 11.6 Å². The highest BCUT2D eigenvalue weighted by atomic mass is 35.5. The molecule has 0 atom stereocenters. The normalized spacial score (nSPS) is 10.1. The summed E-state index contributed by atoms with van der Waals surface area (Å²) in [5.41, 5.74) is 2.01. The van der Waals surface area contributed by atoms with E-state index in [-0.39, 0.29) is 0 Å². The van der Waals surface area contributed by atoms with Crippen LogP contribution in [-0.2, 0) is 6.42 Å². The van der Waals surface area contributed by atoms with Gasteiger partial charge in [0.25, 0.3) is 0 Å². The molecule has 4 heteroatoms. The maximum absolute atomic E-state index is 5.84. The van der Waals surface area contributed by atoms with Crippen LogP contribution in [0.1, 0.15) is 11.3 Å². The fraction of sp³-hybridized carbons (Fsp3) is 0.167. The predicted molar refractivity (Wildman–Crippen MR) is 62.8 cm³/mol. The zero-order valence-electron chi connectivity index (χ0n) is 8.85. The number of methoxy groups -OCH3 is 1. The van der Waals surface area contributed by atoms with Gasteiger partial charge in [-0.1, -0.05) is 23.7 Å². The Kier molecular flexibility index (Phi) is 3.37. The van der Waals surface area contributed by atoms with Crippen molar-refractivity contribution in [1.29, 1.82) is 0 Å². The monoisotopic (exact) mass is 234 g/mol. The molecule has 0 aliphatic rings. The zero-order chi connectivity index (χ0) is 11.4. The molecule has 0 saturated carbocycles. The molecule has 0 spiro atoms. The molecule has 3 nitrogen and oxygen atoms in total. The minimum Gasteiger partial charge on any atom is -0.497 e. The Hall–Kier alpha value is -1.61. The fourth-order valence-corrected chi connectivity index (χ4v) is 1.59. The molecule has 2 aromatic rings. The van der Waals surface area contributed by atoms with Crippen LogP contribution in [0.5, 0.6) is 5.75 Å². The molecule has 0 fully saturated rings. The molecular formula is C12H11ClN2O. The summed E-state index contributed by atoms with van der Waals surface area (Å²) < 4.78 is 5.09. The minimum absolute atomic E-state index is 0.610. The lowest BCUT2D eigenvalue weighted by atomic mass is 10.1. The van der Waals surface area contributed by atoms with Gasteiger partial charge in [0.15, 0.2) is 0 Å². The van der Waals surface area contributed by atoms with E-state index in [1.54, 1.807) is 7.11 Å². The van der Waals surface area contributed by atoms with Crippen LogP contribution in [0.15, 0.2) is 36.5 Å². The molecular weight excluding hydrogens is 224 g/mol. The minimum atomic E-state index is 0.610. The van der Waals surface area contributed by atoms with Crippen LogP contribution in [0.2, 0.25) is 5.02 Å². The van der Waals surface area contributed by atoms with Gasteiger partial charge in [0.2, 0.25) is 0 Å². The summed E-state index contributed by atoms with van der Waals surface area (Å²) in [7, 11) is 1.65. The highest BCUT2D eigenvalue weighted by Crippen LogP contribution is 2.15. The van der Waals surface area contributed by atoms with E-state index in [4.69, 9.17) is 16.3 Å².